The Morgan fingerprint density at radius 3 is 1.59 bits per heavy atom. The second kappa shape index (κ2) is 16.2. The number of carbonyl (C=O) groups excluding carboxylic acids is 2. The number of hydrogen-bond donors (Lipinski definition) is 3. The zero-order valence-electron chi connectivity index (χ0n) is 12.0. The number of hydrogen-bond acceptors (Lipinski definition) is 2. The van der Waals surface area contributed by atoms with Crippen LogP contribution in [0.1, 0.15) is 41.0 Å². The smallest absolute Gasteiger partial charge is 1.00 e. The minimum Gasteiger partial charge on any atom is -1.00 e. The Morgan fingerprint density at radius 1 is 1.12 bits per heavy atom. The molecule has 0 radical (unpaired) electrons. The summed E-state index contributed by atoms with van der Waals surface area (Å²) in [4.78, 5) is 21.8. The first-order valence-electron chi connectivity index (χ1n) is 5.41. The monoisotopic (exact) mass is 274 g/mol. The molecule has 0 aromatic carbocycles. The van der Waals surface area contributed by atoms with E-state index in [1.165, 1.54) is 0 Å². The molecule has 0 atom stereocenters. The first kappa shape index (κ1) is 22.4. The Labute approximate surface area is 129 Å². The van der Waals surface area contributed by atoms with E-state index in [0.29, 0.717) is 0 Å². The second-order valence-corrected chi connectivity index (χ2v) is 4.14. The largest absolute Gasteiger partial charge is 1.00 e. The molecule has 2 N–H and O–H groups in total. The van der Waals surface area contributed by atoms with Crippen LogP contribution >= 0.6 is 25.3 Å². The molecule has 0 saturated heterocycles. The van der Waals surface area contributed by atoms with E-state index in [-0.39, 0.29) is 25.5 Å². The van der Waals surface area contributed by atoms with Gasteiger partial charge in [0.15, 0.2) is 0 Å². The normalized spacial score (nSPS) is 8.47. The van der Waals surface area contributed by atoms with Crippen LogP contribution in [0.15, 0.2) is 0 Å². The number of primary amides is 1. The summed E-state index contributed by atoms with van der Waals surface area (Å²) in [5, 5.41) is -0.725. The van der Waals surface area contributed by atoms with Crippen molar-refractivity contribution in [2.75, 3.05) is 13.1 Å². The van der Waals surface area contributed by atoms with Crippen molar-refractivity contribution < 1.29 is 29.9 Å². The molecule has 0 aromatic rings. The van der Waals surface area contributed by atoms with Crippen molar-refractivity contribution >= 4 is 35.7 Å². The van der Waals surface area contributed by atoms with Crippen LogP contribution in [0, 0.1) is 0 Å². The van der Waals surface area contributed by atoms with Crippen molar-refractivity contribution in [3.05, 3.63) is 0 Å². The first-order valence-corrected chi connectivity index (χ1v) is 6.31. The third kappa shape index (κ3) is 22.0. The summed E-state index contributed by atoms with van der Waals surface area (Å²) in [6, 6.07) is 0. The molecule has 0 aliphatic carbocycles. The van der Waals surface area contributed by atoms with E-state index in [2.05, 4.69) is 44.8 Å². The third-order valence-corrected chi connectivity index (χ3v) is 2.12. The van der Waals surface area contributed by atoms with Crippen LogP contribution in [0.25, 0.3) is 0 Å². The number of thiol groups is 2. The van der Waals surface area contributed by atoms with Crippen molar-refractivity contribution in [3.8, 4) is 0 Å². The number of carbonyl (C=O) groups is 2. The maximum Gasteiger partial charge on any atom is 1.00 e. The maximum absolute atomic E-state index is 10.9. The standard InChI is InChI=1S/C9H19NOS.CH3NOS.Li.H/c1-3-5-7-10(9(11)12)8-6-4-2;2-1(3)4;;/h3-8H2,1-2H3,(H,11,12);(H3,2,3,4);;/q;;+1;-1. The van der Waals surface area contributed by atoms with Gasteiger partial charge in [0.1, 0.15) is 0 Å². The molecule has 0 saturated carbocycles. The topological polar surface area (TPSA) is 63.4 Å². The molecule has 2 amide bonds. The van der Waals surface area contributed by atoms with Crippen LogP contribution in [0.2, 0.25) is 0 Å². The van der Waals surface area contributed by atoms with E-state index in [1.54, 1.807) is 0 Å². The van der Waals surface area contributed by atoms with Gasteiger partial charge in [-0.15, -0.1) is 0 Å². The maximum atomic E-state index is 10.9. The van der Waals surface area contributed by atoms with E-state index in [4.69, 9.17) is 4.79 Å². The Hall–Kier alpha value is 0.237. The van der Waals surface area contributed by atoms with E-state index >= 15 is 0 Å². The summed E-state index contributed by atoms with van der Waals surface area (Å²) in [7, 11) is 0. The number of nitrogens with zero attached hydrogens (tertiary/aromatic N) is 1. The fourth-order valence-electron chi connectivity index (χ4n) is 1.00. The number of amides is 2. The number of nitrogens with two attached hydrogens (primary N) is 1. The average Bonchev–Trinajstić information content (AvgIpc) is 2.16. The molecule has 0 bridgehead atoms. The van der Waals surface area contributed by atoms with Crippen molar-refractivity contribution in [2.24, 2.45) is 5.73 Å². The van der Waals surface area contributed by atoms with E-state index in [1.807, 2.05) is 4.90 Å². The Balaban J connectivity index is -0.000000143. The van der Waals surface area contributed by atoms with Crippen LogP contribution < -0.4 is 24.6 Å². The van der Waals surface area contributed by atoms with Gasteiger partial charge in [-0.1, -0.05) is 51.9 Å². The molecule has 17 heavy (non-hydrogen) atoms. The molecule has 0 rings (SSSR count). The summed E-state index contributed by atoms with van der Waals surface area (Å²) in [5.74, 6) is 0. The molecule has 0 aliphatic rings. The number of rotatable bonds is 6. The summed E-state index contributed by atoms with van der Waals surface area (Å²) < 4.78 is 0. The predicted molar refractivity (Wildman–Crippen MR) is 75.5 cm³/mol. The van der Waals surface area contributed by atoms with E-state index in [9.17, 15) is 4.79 Å². The third-order valence-electron chi connectivity index (χ3n) is 1.83. The molecule has 0 aromatic heterocycles. The zero-order chi connectivity index (χ0) is 13.0. The fourth-order valence-corrected chi connectivity index (χ4v) is 1.20. The predicted octanol–water partition coefficient (Wildman–Crippen LogP) is 0.0498. The van der Waals surface area contributed by atoms with Crippen molar-refractivity contribution in [1.29, 1.82) is 0 Å². The van der Waals surface area contributed by atoms with Crippen molar-refractivity contribution in [3.63, 3.8) is 0 Å². The van der Waals surface area contributed by atoms with Gasteiger partial charge in [0, 0.05) is 13.1 Å². The molecule has 98 valence electrons. The summed E-state index contributed by atoms with van der Waals surface area (Å²) >= 11 is 6.93. The van der Waals surface area contributed by atoms with E-state index < -0.39 is 5.24 Å². The van der Waals surface area contributed by atoms with Gasteiger partial charge in [0.05, 0.1) is 0 Å². The summed E-state index contributed by atoms with van der Waals surface area (Å²) in [6.07, 6.45) is 4.42. The van der Waals surface area contributed by atoms with Gasteiger partial charge in [-0.05, 0) is 12.8 Å². The van der Waals surface area contributed by atoms with Crippen LogP contribution in [0.3, 0.4) is 0 Å². The quantitative estimate of drug-likeness (QED) is 0.473. The summed E-state index contributed by atoms with van der Waals surface area (Å²) in [5.41, 5.74) is 4.34. The average molecular weight is 274 g/mol. The molecule has 0 spiro atoms. The van der Waals surface area contributed by atoms with Crippen LogP contribution in [-0.4, -0.2) is 28.5 Å². The van der Waals surface area contributed by atoms with E-state index in [0.717, 1.165) is 38.8 Å². The molecule has 0 unspecified atom stereocenters. The van der Waals surface area contributed by atoms with Gasteiger partial charge in [0.25, 0.3) is 10.5 Å². The minimum atomic E-state index is -0.639. The molecule has 4 nitrogen and oxygen atoms in total. The van der Waals surface area contributed by atoms with Crippen LogP contribution in [0.5, 0.6) is 0 Å². The van der Waals surface area contributed by atoms with Gasteiger partial charge in [-0.2, -0.15) is 0 Å². The molecular formula is C10H23LiN2O2S2. The van der Waals surface area contributed by atoms with Gasteiger partial charge in [0.2, 0.25) is 0 Å². The van der Waals surface area contributed by atoms with Gasteiger partial charge in [-0.3, -0.25) is 9.59 Å². The van der Waals surface area contributed by atoms with Crippen molar-refractivity contribution in [2.45, 2.75) is 39.5 Å². The number of unbranched alkanes of at least 4 members (excludes halogenated alkanes) is 2. The van der Waals surface area contributed by atoms with Gasteiger partial charge in [-0.25, -0.2) is 0 Å². The van der Waals surface area contributed by atoms with Crippen LogP contribution in [0.4, 0.5) is 9.59 Å². The molecule has 7 heteroatoms. The zero-order valence-corrected chi connectivity index (χ0v) is 12.8. The SMILES string of the molecule is CCCCN(CCCC)C(=O)S.NC(=O)S.[H-].[Li+]. The first-order chi connectivity index (χ1) is 7.45. The summed E-state index contributed by atoms with van der Waals surface area (Å²) in [6.45, 7) is 5.97. The van der Waals surface area contributed by atoms with Crippen LogP contribution in [-0.2, 0) is 0 Å². The Kier molecular flexibility index (Phi) is 21.4. The Morgan fingerprint density at radius 2 is 1.41 bits per heavy atom. The van der Waals surface area contributed by atoms with Crippen molar-refractivity contribution in [1.82, 2.24) is 4.90 Å². The molecule has 0 fully saturated rings. The molecular weight excluding hydrogens is 251 g/mol. The van der Waals surface area contributed by atoms with Gasteiger partial charge >= 0.3 is 18.9 Å². The molecule has 0 aliphatic heterocycles. The Bertz CT molecular complexity index is 200. The molecule has 0 heterocycles. The fraction of sp³-hybridized carbons (Fsp3) is 0.800. The van der Waals surface area contributed by atoms with Gasteiger partial charge < -0.3 is 12.1 Å². The second-order valence-electron chi connectivity index (χ2n) is 3.31. The minimum absolute atomic E-state index is 0.